The fourth-order valence-corrected chi connectivity index (χ4v) is 3.11. The molecule has 5 nitrogen and oxygen atoms in total. The van der Waals surface area contributed by atoms with Gasteiger partial charge in [0.2, 0.25) is 5.13 Å². The molecule has 0 aliphatic carbocycles. The van der Waals surface area contributed by atoms with Crippen LogP contribution < -0.4 is 10.1 Å². The summed E-state index contributed by atoms with van der Waals surface area (Å²) >= 11 is 1.22. The quantitative estimate of drug-likeness (QED) is 0.701. The predicted molar refractivity (Wildman–Crippen MR) is 99.3 cm³/mol. The van der Waals surface area contributed by atoms with E-state index >= 15 is 0 Å². The maximum atomic E-state index is 13.7. The van der Waals surface area contributed by atoms with Gasteiger partial charge in [-0.15, -0.1) is 10.2 Å². The molecule has 134 valence electrons. The molecule has 0 bridgehead atoms. The molecule has 0 spiro atoms. The van der Waals surface area contributed by atoms with Gasteiger partial charge in [-0.05, 0) is 37.6 Å². The van der Waals surface area contributed by atoms with Gasteiger partial charge in [0.05, 0.1) is 11.7 Å². The molecule has 0 unspecified atom stereocenters. The monoisotopic (exact) mass is 371 g/mol. The van der Waals surface area contributed by atoms with Crippen LogP contribution in [0.25, 0.3) is 0 Å². The molecule has 0 saturated heterocycles. The predicted octanol–water partition coefficient (Wildman–Crippen LogP) is 4.31. The maximum absolute atomic E-state index is 13.7. The van der Waals surface area contributed by atoms with Crippen molar-refractivity contribution < 1.29 is 13.9 Å². The lowest BCUT2D eigenvalue weighted by atomic mass is 10.1. The number of rotatable bonds is 6. The largest absolute Gasteiger partial charge is 0.490 e. The third-order valence-corrected chi connectivity index (χ3v) is 4.32. The number of ether oxygens (including phenoxy) is 1. The van der Waals surface area contributed by atoms with E-state index in [4.69, 9.17) is 4.74 Å². The fraction of sp³-hybridized carbons (Fsp3) is 0.211. The molecule has 0 atom stereocenters. The van der Waals surface area contributed by atoms with Crippen LogP contribution in [0, 0.1) is 5.82 Å². The molecule has 0 radical (unpaired) electrons. The van der Waals surface area contributed by atoms with E-state index in [-0.39, 0.29) is 17.8 Å². The molecule has 26 heavy (non-hydrogen) atoms. The highest BCUT2D eigenvalue weighted by Gasteiger charge is 2.16. The van der Waals surface area contributed by atoms with E-state index in [2.05, 4.69) is 15.5 Å². The van der Waals surface area contributed by atoms with Crippen molar-refractivity contribution in [3.8, 4) is 5.75 Å². The Morgan fingerprint density at radius 2 is 1.88 bits per heavy atom. The Morgan fingerprint density at radius 1 is 1.15 bits per heavy atom. The van der Waals surface area contributed by atoms with Gasteiger partial charge in [0.1, 0.15) is 16.6 Å². The average Bonchev–Trinajstić information content (AvgIpc) is 3.04. The van der Waals surface area contributed by atoms with E-state index in [1.807, 2.05) is 19.9 Å². The number of nitrogens with zero attached hydrogens (tertiary/aromatic N) is 2. The Hall–Kier alpha value is -2.80. The lowest BCUT2D eigenvalue weighted by Crippen LogP contribution is -2.15. The maximum Gasteiger partial charge on any atom is 0.261 e. The Bertz CT molecular complexity index is 911. The van der Waals surface area contributed by atoms with Crippen molar-refractivity contribution in [2.75, 3.05) is 5.32 Å². The SMILES string of the molecule is CC(C)Oc1ccccc1C(=O)Nc1nnc(Cc2ccccc2F)s1. The van der Waals surface area contributed by atoms with Crippen LogP contribution in [0.15, 0.2) is 48.5 Å². The van der Waals surface area contributed by atoms with Gasteiger partial charge < -0.3 is 4.74 Å². The van der Waals surface area contributed by atoms with Crippen molar-refractivity contribution in [2.24, 2.45) is 0 Å². The molecule has 2 aromatic carbocycles. The molecule has 1 amide bonds. The van der Waals surface area contributed by atoms with Gasteiger partial charge in [-0.1, -0.05) is 41.7 Å². The zero-order valence-electron chi connectivity index (χ0n) is 14.4. The van der Waals surface area contributed by atoms with Crippen molar-refractivity contribution in [3.05, 3.63) is 70.5 Å². The van der Waals surface area contributed by atoms with Gasteiger partial charge in [0, 0.05) is 6.42 Å². The van der Waals surface area contributed by atoms with Gasteiger partial charge in [0.15, 0.2) is 0 Å². The number of halogens is 1. The first kappa shape index (κ1) is 18.0. The average molecular weight is 371 g/mol. The Kier molecular flexibility index (Phi) is 5.58. The van der Waals surface area contributed by atoms with Gasteiger partial charge in [-0.25, -0.2) is 4.39 Å². The van der Waals surface area contributed by atoms with Crippen LogP contribution in [0.3, 0.4) is 0 Å². The Morgan fingerprint density at radius 3 is 2.65 bits per heavy atom. The number of para-hydroxylation sites is 1. The van der Waals surface area contributed by atoms with Crippen molar-refractivity contribution >= 4 is 22.4 Å². The van der Waals surface area contributed by atoms with E-state index in [9.17, 15) is 9.18 Å². The molecule has 0 aliphatic heterocycles. The number of aromatic nitrogens is 2. The van der Waals surface area contributed by atoms with Gasteiger partial charge in [0.25, 0.3) is 5.91 Å². The summed E-state index contributed by atoms with van der Waals surface area (Å²) in [6.45, 7) is 3.79. The minimum atomic E-state index is -0.324. The number of carbonyl (C=O) groups is 1. The minimum Gasteiger partial charge on any atom is -0.490 e. The summed E-state index contributed by atoms with van der Waals surface area (Å²) in [5.41, 5.74) is 0.962. The summed E-state index contributed by atoms with van der Waals surface area (Å²) < 4.78 is 19.4. The second-order valence-electron chi connectivity index (χ2n) is 5.89. The third-order valence-electron chi connectivity index (χ3n) is 3.48. The number of hydrogen-bond donors (Lipinski definition) is 1. The molecule has 1 heterocycles. The summed E-state index contributed by atoms with van der Waals surface area (Å²) in [5.74, 6) is -0.0982. The molecular weight excluding hydrogens is 353 g/mol. The summed E-state index contributed by atoms with van der Waals surface area (Å²) in [7, 11) is 0. The van der Waals surface area contributed by atoms with Crippen LogP contribution in [0.4, 0.5) is 9.52 Å². The molecular formula is C19H18FN3O2S. The molecule has 3 aromatic rings. The Balaban J connectivity index is 1.71. The number of benzene rings is 2. The summed E-state index contributed by atoms with van der Waals surface area (Å²) in [5, 5.41) is 11.7. The van der Waals surface area contributed by atoms with Crippen LogP contribution >= 0.6 is 11.3 Å². The smallest absolute Gasteiger partial charge is 0.261 e. The number of carbonyl (C=O) groups excluding carboxylic acids is 1. The highest BCUT2D eigenvalue weighted by molar-refractivity contribution is 7.15. The van der Waals surface area contributed by atoms with Crippen LogP contribution in [0.5, 0.6) is 5.75 Å². The highest BCUT2D eigenvalue weighted by Crippen LogP contribution is 2.23. The van der Waals surface area contributed by atoms with Crippen LogP contribution in [-0.2, 0) is 6.42 Å². The van der Waals surface area contributed by atoms with E-state index in [0.29, 0.717) is 33.4 Å². The number of anilines is 1. The second kappa shape index (κ2) is 8.05. The normalized spacial score (nSPS) is 10.8. The van der Waals surface area contributed by atoms with E-state index in [0.717, 1.165) is 0 Å². The lowest BCUT2D eigenvalue weighted by molar-refractivity contribution is 0.102. The third kappa shape index (κ3) is 4.43. The first-order valence-electron chi connectivity index (χ1n) is 8.15. The topological polar surface area (TPSA) is 64.1 Å². The summed E-state index contributed by atoms with van der Waals surface area (Å²) in [4.78, 5) is 12.5. The molecule has 1 N–H and O–H groups in total. The van der Waals surface area contributed by atoms with Crippen molar-refractivity contribution in [1.82, 2.24) is 10.2 Å². The van der Waals surface area contributed by atoms with E-state index < -0.39 is 0 Å². The molecule has 3 rings (SSSR count). The fourth-order valence-electron chi connectivity index (χ4n) is 2.36. The molecule has 0 fully saturated rings. The zero-order valence-corrected chi connectivity index (χ0v) is 15.2. The molecule has 7 heteroatoms. The van der Waals surface area contributed by atoms with Crippen LogP contribution in [-0.4, -0.2) is 22.2 Å². The van der Waals surface area contributed by atoms with Crippen molar-refractivity contribution in [1.29, 1.82) is 0 Å². The summed E-state index contributed by atoms with van der Waals surface area (Å²) in [6, 6.07) is 13.5. The minimum absolute atomic E-state index is 0.0437. The van der Waals surface area contributed by atoms with Crippen LogP contribution in [0.1, 0.15) is 34.8 Å². The van der Waals surface area contributed by atoms with Gasteiger partial charge in [-0.2, -0.15) is 0 Å². The number of nitrogens with one attached hydrogen (secondary N) is 1. The van der Waals surface area contributed by atoms with Crippen molar-refractivity contribution in [2.45, 2.75) is 26.4 Å². The van der Waals surface area contributed by atoms with Gasteiger partial charge >= 0.3 is 0 Å². The standard InChI is InChI=1S/C19H18FN3O2S/c1-12(2)25-16-10-6-4-8-14(16)18(24)21-19-23-22-17(26-19)11-13-7-3-5-9-15(13)20/h3-10,12H,11H2,1-2H3,(H,21,23,24). The van der Waals surface area contributed by atoms with E-state index in [1.54, 1.807) is 36.4 Å². The second-order valence-corrected chi connectivity index (χ2v) is 6.95. The summed E-state index contributed by atoms with van der Waals surface area (Å²) in [6.07, 6.45) is 0.283. The first-order chi connectivity index (χ1) is 12.5. The molecule has 0 aliphatic rings. The van der Waals surface area contributed by atoms with E-state index in [1.165, 1.54) is 17.4 Å². The van der Waals surface area contributed by atoms with Gasteiger partial charge in [-0.3, -0.25) is 10.1 Å². The van der Waals surface area contributed by atoms with Crippen molar-refractivity contribution in [3.63, 3.8) is 0 Å². The first-order valence-corrected chi connectivity index (χ1v) is 8.97. The van der Waals surface area contributed by atoms with Crippen LogP contribution in [0.2, 0.25) is 0 Å². The Labute approximate surface area is 154 Å². The lowest BCUT2D eigenvalue weighted by Gasteiger charge is -2.13. The highest BCUT2D eigenvalue weighted by atomic mass is 32.1. The molecule has 1 aromatic heterocycles. The molecule has 0 saturated carbocycles. The zero-order chi connectivity index (χ0) is 18.5. The number of amides is 1. The number of hydrogen-bond acceptors (Lipinski definition) is 5.